The van der Waals surface area contributed by atoms with E-state index in [9.17, 15) is 0 Å². The van der Waals surface area contributed by atoms with Gasteiger partial charge in [0.25, 0.3) is 0 Å². The van der Waals surface area contributed by atoms with Crippen LogP contribution in [0.5, 0.6) is 0 Å². The molecule has 36 heavy (non-hydrogen) atoms. The smallest absolute Gasteiger partial charge is 0.370 e. The van der Waals surface area contributed by atoms with E-state index in [2.05, 4.69) is 55.1 Å². The summed E-state index contributed by atoms with van der Waals surface area (Å²) in [6.07, 6.45) is 1.59. The van der Waals surface area contributed by atoms with Crippen LogP contribution in [0, 0.1) is 0 Å². The van der Waals surface area contributed by atoms with Gasteiger partial charge >= 0.3 is 17.6 Å². The molecule has 0 atom stereocenters. The molecule has 0 fully saturated rings. The Labute approximate surface area is 220 Å². The first kappa shape index (κ1) is 30.6. The lowest BCUT2D eigenvalue weighted by molar-refractivity contribution is 0.0851. The van der Waals surface area contributed by atoms with Crippen molar-refractivity contribution >= 4 is 28.0 Å². The van der Waals surface area contributed by atoms with Crippen LogP contribution in [-0.2, 0) is 39.4 Å². The Bertz CT molecular complexity index is 794. The molecule has 2 aromatic carbocycles. The summed E-state index contributed by atoms with van der Waals surface area (Å²) in [7, 11) is -5.77. The lowest BCUT2D eigenvalue weighted by atomic mass is 10.00. The average molecular weight is 533 g/mol. The third-order valence-electron chi connectivity index (χ3n) is 5.53. The standard InChI is InChI=1S/C28H44O6Si2/c1-8-29-35(30-9-2,31-10-3)27-18-14-25(15-19-27)22-24(7)23-26-16-20-28(21-17-26)36(32-11-4,33-12-5)34-13-6/h14-21H,7-13,22-23H2,1-6H3. The zero-order valence-corrected chi connectivity index (χ0v) is 24.9. The summed E-state index contributed by atoms with van der Waals surface area (Å²) in [4.78, 5) is 0. The molecule has 6 nitrogen and oxygen atoms in total. The van der Waals surface area contributed by atoms with Gasteiger partial charge in [0.15, 0.2) is 0 Å². The molecule has 200 valence electrons. The number of benzene rings is 2. The summed E-state index contributed by atoms with van der Waals surface area (Å²) in [5.41, 5.74) is 3.54. The summed E-state index contributed by atoms with van der Waals surface area (Å²) >= 11 is 0. The van der Waals surface area contributed by atoms with Gasteiger partial charge in [-0.2, -0.15) is 0 Å². The highest BCUT2D eigenvalue weighted by Crippen LogP contribution is 2.17. The summed E-state index contributed by atoms with van der Waals surface area (Å²) in [5, 5.41) is 1.98. The van der Waals surface area contributed by atoms with Crippen LogP contribution in [0.15, 0.2) is 60.7 Å². The summed E-state index contributed by atoms with van der Waals surface area (Å²) in [5.74, 6) is 0. The van der Waals surface area contributed by atoms with Gasteiger partial charge in [-0.3, -0.25) is 0 Å². The molecule has 0 aliphatic rings. The maximum atomic E-state index is 6.03. The molecule has 0 saturated carbocycles. The van der Waals surface area contributed by atoms with Crippen LogP contribution in [0.3, 0.4) is 0 Å². The molecule has 0 unspecified atom stereocenters. The molecule has 8 heteroatoms. The summed E-state index contributed by atoms with van der Waals surface area (Å²) in [6, 6.07) is 16.8. The molecule has 0 amide bonds. The fourth-order valence-electron chi connectivity index (χ4n) is 4.18. The molecule has 0 aliphatic carbocycles. The lowest BCUT2D eigenvalue weighted by Crippen LogP contribution is -2.56. The average Bonchev–Trinajstić information content (AvgIpc) is 2.86. The Morgan fingerprint density at radius 2 is 0.750 bits per heavy atom. The van der Waals surface area contributed by atoms with E-state index in [-0.39, 0.29) is 0 Å². The van der Waals surface area contributed by atoms with Gasteiger partial charge in [-0.25, -0.2) is 0 Å². The van der Waals surface area contributed by atoms with Crippen molar-refractivity contribution in [2.45, 2.75) is 54.4 Å². The molecule has 0 radical (unpaired) electrons. The van der Waals surface area contributed by atoms with Crippen LogP contribution in [0.1, 0.15) is 52.7 Å². The summed E-state index contributed by atoms with van der Waals surface area (Å²) in [6.45, 7) is 19.4. The highest BCUT2D eigenvalue weighted by atomic mass is 28.4. The van der Waals surface area contributed by atoms with E-state index in [1.807, 2.05) is 41.5 Å². The Morgan fingerprint density at radius 1 is 0.500 bits per heavy atom. The van der Waals surface area contributed by atoms with Gasteiger partial charge in [0.1, 0.15) is 0 Å². The Balaban J connectivity index is 2.10. The van der Waals surface area contributed by atoms with Crippen molar-refractivity contribution in [1.82, 2.24) is 0 Å². The number of hydrogen-bond acceptors (Lipinski definition) is 6. The molecule has 2 aromatic rings. The SMILES string of the molecule is C=C(Cc1ccc([Si](OCC)(OCC)OCC)cc1)Cc1ccc([Si](OCC)(OCC)OCC)cc1. The normalized spacial score (nSPS) is 12.2. The predicted octanol–water partition coefficient (Wildman–Crippen LogP) is 4.54. The topological polar surface area (TPSA) is 55.4 Å². The van der Waals surface area contributed by atoms with Crippen molar-refractivity contribution in [2.24, 2.45) is 0 Å². The summed E-state index contributed by atoms with van der Waals surface area (Å²) < 4.78 is 36.2. The van der Waals surface area contributed by atoms with E-state index >= 15 is 0 Å². The molecular weight excluding hydrogens is 488 g/mol. The highest BCUT2D eigenvalue weighted by Gasteiger charge is 2.44. The van der Waals surface area contributed by atoms with Crippen LogP contribution in [0.4, 0.5) is 0 Å². The van der Waals surface area contributed by atoms with Crippen LogP contribution < -0.4 is 10.4 Å². The second-order valence-electron chi connectivity index (χ2n) is 8.21. The van der Waals surface area contributed by atoms with Gasteiger partial charge in [0.05, 0.1) is 0 Å². The van der Waals surface area contributed by atoms with E-state index in [1.54, 1.807) is 0 Å². The number of hydrogen-bond donors (Lipinski definition) is 0. The fraction of sp³-hybridized carbons (Fsp3) is 0.500. The number of allylic oxidation sites excluding steroid dienone is 1. The van der Waals surface area contributed by atoms with E-state index < -0.39 is 17.6 Å². The molecule has 0 saturated heterocycles. The van der Waals surface area contributed by atoms with Crippen molar-refractivity contribution in [2.75, 3.05) is 39.6 Å². The van der Waals surface area contributed by atoms with Gasteiger partial charge < -0.3 is 26.6 Å². The first-order valence-corrected chi connectivity index (χ1v) is 16.6. The van der Waals surface area contributed by atoms with Gasteiger partial charge in [-0.05, 0) is 65.5 Å². The van der Waals surface area contributed by atoms with Crippen molar-refractivity contribution in [3.8, 4) is 0 Å². The van der Waals surface area contributed by atoms with Crippen molar-refractivity contribution in [3.05, 3.63) is 71.8 Å². The van der Waals surface area contributed by atoms with Gasteiger partial charge in [-0.15, -0.1) is 0 Å². The maximum Gasteiger partial charge on any atom is 0.537 e. The highest BCUT2D eigenvalue weighted by molar-refractivity contribution is 6.75. The maximum absolute atomic E-state index is 6.03. The van der Waals surface area contributed by atoms with Crippen LogP contribution >= 0.6 is 0 Å². The molecule has 2 rings (SSSR count). The van der Waals surface area contributed by atoms with Crippen molar-refractivity contribution in [3.63, 3.8) is 0 Å². The molecule has 0 bridgehead atoms. The minimum absolute atomic E-state index is 0.548. The minimum Gasteiger partial charge on any atom is -0.370 e. The van der Waals surface area contributed by atoms with E-state index in [0.29, 0.717) is 39.6 Å². The second-order valence-corrected chi connectivity index (χ2v) is 13.3. The first-order valence-electron chi connectivity index (χ1n) is 13.1. The van der Waals surface area contributed by atoms with Gasteiger partial charge in [0, 0.05) is 50.0 Å². The molecule has 0 aliphatic heterocycles. The first-order chi connectivity index (χ1) is 17.4. The predicted molar refractivity (Wildman–Crippen MR) is 150 cm³/mol. The van der Waals surface area contributed by atoms with Crippen molar-refractivity contribution < 1.29 is 26.6 Å². The Morgan fingerprint density at radius 3 is 0.972 bits per heavy atom. The minimum atomic E-state index is -2.88. The fourth-order valence-corrected chi connectivity index (χ4v) is 9.11. The number of rotatable bonds is 18. The molecule has 0 aromatic heterocycles. The van der Waals surface area contributed by atoms with E-state index in [0.717, 1.165) is 28.8 Å². The Kier molecular flexibility index (Phi) is 13.2. The molecule has 0 N–H and O–H groups in total. The van der Waals surface area contributed by atoms with Crippen LogP contribution in [0.2, 0.25) is 0 Å². The second kappa shape index (κ2) is 15.6. The van der Waals surface area contributed by atoms with Gasteiger partial charge in [0.2, 0.25) is 0 Å². The zero-order valence-electron chi connectivity index (χ0n) is 22.9. The monoisotopic (exact) mass is 532 g/mol. The third kappa shape index (κ3) is 8.19. The van der Waals surface area contributed by atoms with Crippen LogP contribution in [0.25, 0.3) is 0 Å². The zero-order chi connectivity index (χ0) is 26.4. The van der Waals surface area contributed by atoms with E-state index in [1.165, 1.54) is 11.1 Å². The largest absolute Gasteiger partial charge is 0.537 e. The molecular formula is C28H44O6Si2. The van der Waals surface area contributed by atoms with E-state index in [4.69, 9.17) is 26.6 Å². The third-order valence-corrected chi connectivity index (χ3v) is 11.6. The van der Waals surface area contributed by atoms with Crippen LogP contribution in [-0.4, -0.2) is 57.3 Å². The van der Waals surface area contributed by atoms with Crippen molar-refractivity contribution in [1.29, 1.82) is 0 Å². The quantitative estimate of drug-likeness (QED) is 0.208. The lowest BCUT2D eigenvalue weighted by Gasteiger charge is -2.28. The van der Waals surface area contributed by atoms with Gasteiger partial charge in [-0.1, -0.05) is 60.7 Å². The Hall–Kier alpha value is -1.63. The molecule has 0 heterocycles. The molecule has 0 spiro atoms.